The van der Waals surface area contributed by atoms with E-state index in [1.54, 1.807) is 18.4 Å². The van der Waals surface area contributed by atoms with E-state index in [1.807, 2.05) is 11.0 Å². The number of guanidine groups is 1. The van der Waals surface area contributed by atoms with Gasteiger partial charge in [0, 0.05) is 38.1 Å². The van der Waals surface area contributed by atoms with Crippen LogP contribution in [0.3, 0.4) is 0 Å². The largest absolute Gasteiger partial charge is 0.347 e. The van der Waals surface area contributed by atoms with Crippen LogP contribution in [0.5, 0.6) is 0 Å². The first-order valence-electron chi connectivity index (χ1n) is 10.3. The number of amides is 1. The summed E-state index contributed by atoms with van der Waals surface area (Å²) in [6.07, 6.45) is 5.31. The lowest BCUT2D eigenvalue weighted by Crippen LogP contribution is -2.48. The van der Waals surface area contributed by atoms with Crippen LogP contribution in [-0.4, -0.2) is 54.9 Å². The smallest absolute Gasteiger partial charge is 0.242 e. The monoisotopic (exact) mass is 536 g/mol. The van der Waals surface area contributed by atoms with E-state index in [0.717, 1.165) is 51.4 Å². The standard InChI is InChI=1S/C23H28N4OS.HI/c1-24-23(25-16-22(28)27-13-9-21-20(17-27)10-14-29-21)26-11-7-19(8-12-26)15-18-5-3-2-4-6-18;/h2-6,10,14-15H,7-9,11-13,16-17H2,1H3,(H,24,25);1H. The third-order valence-corrected chi connectivity index (χ3v) is 6.67. The zero-order valence-electron chi connectivity index (χ0n) is 17.3. The third-order valence-electron chi connectivity index (χ3n) is 5.65. The van der Waals surface area contributed by atoms with Crippen LogP contribution in [-0.2, 0) is 17.8 Å². The number of likely N-dealkylation sites (tertiary alicyclic amines) is 1. The van der Waals surface area contributed by atoms with Crippen LogP contribution in [0.15, 0.2) is 52.3 Å². The Morgan fingerprint density at radius 3 is 2.57 bits per heavy atom. The molecule has 2 aliphatic heterocycles. The Labute approximate surface area is 199 Å². The molecule has 5 nitrogen and oxygen atoms in total. The van der Waals surface area contributed by atoms with Crippen LogP contribution < -0.4 is 5.32 Å². The molecular weight excluding hydrogens is 507 g/mol. The van der Waals surface area contributed by atoms with Crippen molar-refractivity contribution < 1.29 is 4.79 Å². The molecule has 2 aliphatic rings. The Kier molecular flexibility index (Phi) is 8.32. The van der Waals surface area contributed by atoms with Crippen molar-refractivity contribution in [1.82, 2.24) is 15.1 Å². The second kappa shape index (κ2) is 10.9. The van der Waals surface area contributed by atoms with E-state index < -0.39 is 0 Å². The number of aliphatic imine (C=N–C) groups is 1. The second-order valence-electron chi connectivity index (χ2n) is 7.54. The van der Waals surface area contributed by atoms with Gasteiger partial charge in [0.05, 0.1) is 6.54 Å². The van der Waals surface area contributed by atoms with E-state index in [-0.39, 0.29) is 29.9 Å². The number of halogens is 1. The minimum absolute atomic E-state index is 0. The molecule has 3 heterocycles. The normalized spacial score (nSPS) is 16.6. The maximum atomic E-state index is 12.7. The molecule has 1 N–H and O–H groups in total. The molecule has 160 valence electrons. The van der Waals surface area contributed by atoms with Crippen molar-refractivity contribution in [2.24, 2.45) is 4.99 Å². The zero-order valence-corrected chi connectivity index (χ0v) is 20.5. The molecule has 1 saturated heterocycles. The number of rotatable bonds is 3. The third kappa shape index (κ3) is 5.63. The Morgan fingerprint density at radius 1 is 1.10 bits per heavy atom. The number of carbonyl (C=O) groups is 1. The minimum atomic E-state index is 0. The molecule has 1 fully saturated rings. The first kappa shape index (κ1) is 22.8. The minimum Gasteiger partial charge on any atom is -0.347 e. The highest BCUT2D eigenvalue weighted by Crippen LogP contribution is 2.24. The lowest BCUT2D eigenvalue weighted by molar-refractivity contribution is -0.130. The lowest BCUT2D eigenvalue weighted by atomic mass is 10.0. The van der Waals surface area contributed by atoms with E-state index in [2.05, 4.69) is 57.0 Å². The second-order valence-corrected chi connectivity index (χ2v) is 8.54. The van der Waals surface area contributed by atoms with Crippen molar-refractivity contribution in [2.75, 3.05) is 33.2 Å². The highest BCUT2D eigenvalue weighted by molar-refractivity contribution is 14.0. The van der Waals surface area contributed by atoms with Gasteiger partial charge in [-0.3, -0.25) is 9.79 Å². The number of carbonyl (C=O) groups excluding carboxylic acids is 1. The molecule has 2 aromatic rings. The van der Waals surface area contributed by atoms with Crippen molar-refractivity contribution in [3.8, 4) is 0 Å². The van der Waals surface area contributed by atoms with Crippen LogP contribution in [0, 0.1) is 0 Å². The first-order valence-corrected chi connectivity index (χ1v) is 11.1. The molecule has 0 atom stereocenters. The molecule has 0 aliphatic carbocycles. The van der Waals surface area contributed by atoms with Gasteiger partial charge in [-0.05, 0) is 41.8 Å². The summed E-state index contributed by atoms with van der Waals surface area (Å²) in [5.41, 5.74) is 4.03. The fourth-order valence-corrected chi connectivity index (χ4v) is 4.88. The zero-order chi connectivity index (χ0) is 20.1. The van der Waals surface area contributed by atoms with Gasteiger partial charge in [-0.15, -0.1) is 35.3 Å². The maximum absolute atomic E-state index is 12.7. The van der Waals surface area contributed by atoms with Crippen molar-refractivity contribution in [3.63, 3.8) is 0 Å². The van der Waals surface area contributed by atoms with Gasteiger partial charge >= 0.3 is 0 Å². The van der Waals surface area contributed by atoms with Crippen LogP contribution in [0.1, 0.15) is 28.8 Å². The summed E-state index contributed by atoms with van der Waals surface area (Å²) in [4.78, 5) is 22.7. The van der Waals surface area contributed by atoms with Gasteiger partial charge in [-0.2, -0.15) is 0 Å². The molecule has 1 aromatic carbocycles. The van der Waals surface area contributed by atoms with Crippen LogP contribution in [0.2, 0.25) is 0 Å². The number of fused-ring (bicyclic) bond motifs is 1. The molecule has 0 radical (unpaired) electrons. The summed E-state index contributed by atoms with van der Waals surface area (Å²) >= 11 is 1.80. The van der Waals surface area contributed by atoms with Gasteiger partial charge in [-0.1, -0.05) is 42.0 Å². The SMILES string of the molecule is CN=C(NCC(=O)N1CCc2sccc2C1)N1CCC(=Cc2ccccc2)CC1.I. The van der Waals surface area contributed by atoms with Gasteiger partial charge in [0.25, 0.3) is 0 Å². The molecule has 30 heavy (non-hydrogen) atoms. The molecule has 0 saturated carbocycles. The summed E-state index contributed by atoms with van der Waals surface area (Å²) in [6.45, 7) is 3.69. The molecular formula is C23H29IN4OS. The summed E-state index contributed by atoms with van der Waals surface area (Å²) < 4.78 is 0. The van der Waals surface area contributed by atoms with E-state index in [0.29, 0.717) is 6.54 Å². The predicted molar refractivity (Wildman–Crippen MR) is 135 cm³/mol. The highest BCUT2D eigenvalue weighted by Gasteiger charge is 2.23. The Bertz CT molecular complexity index is 899. The van der Waals surface area contributed by atoms with E-state index in [4.69, 9.17) is 0 Å². The first-order chi connectivity index (χ1) is 14.2. The van der Waals surface area contributed by atoms with Crippen LogP contribution >= 0.6 is 35.3 Å². The summed E-state index contributed by atoms with van der Waals surface area (Å²) in [5, 5.41) is 5.41. The Balaban J connectivity index is 0.00000256. The van der Waals surface area contributed by atoms with Gasteiger partial charge in [-0.25, -0.2) is 0 Å². The molecule has 0 unspecified atom stereocenters. The quantitative estimate of drug-likeness (QED) is 0.367. The summed E-state index contributed by atoms with van der Waals surface area (Å²) in [5.74, 6) is 0.968. The highest BCUT2D eigenvalue weighted by atomic mass is 127. The Morgan fingerprint density at radius 2 is 1.83 bits per heavy atom. The van der Waals surface area contributed by atoms with Crippen LogP contribution in [0.4, 0.5) is 0 Å². The number of piperidine rings is 1. The average Bonchev–Trinajstić information content (AvgIpc) is 3.24. The average molecular weight is 536 g/mol. The van der Waals surface area contributed by atoms with Crippen molar-refractivity contribution >= 4 is 53.3 Å². The maximum Gasteiger partial charge on any atom is 0.242 e. The molecule has 7 heteroatoms. The fraction of sp³-hybridized carbons (Fsp3) is 0.391. The van der Waals surface area contributed by atoms with E-state index >= 15 is 0 Å². The Hall–Kier alpha value is -1.87. The van der Waals surface area contributed by atoms with Crippen molar-refractivity contribution in [3.05, 3.63) is 63.4 Å². The lowest BCUT2D eigenvalue weighted by Gasteiger charge is -2.32. The van der Waals surface area contributed by atoms with E-state index in [1.165, 1.54) is 21.6 Å². The number of nitrogens with zero attached hydrogens (tertiary/aromatic N) is 3. The van der Waals surface area contributed by atoms with Crippen molar-refractivity contribution in [1.29, 1.82) is 0 Å². The number of hydrogen-bond acceptors (Lipinski definition) is 3. The number of hydrogen-bond donors (Lipinski definition) is 1. The molecule has 1 aromatic heterocycles. The molecule has 0 spiro atoms. The van der Waals surface area contributed by atoms with E-state index in [9.17, 15) is 4.79 Å². The van der Waals surface area contributed by atoms with Gasteiger partial charge in [0.2, 0.25) is 5.91 Å². The molecule has 1 amide bonds. The summed E-state index contributed by atoms with van der Waals surface area (Å²) in [7, 11) is 1.79. The van der Waals surface area contributed by atoms with Crippen molar-refractivity contribution in [2.45, 2.75) is 25.8 Å². The van der Waals surface area contributed by atoms with Crippen LogP contribution in [0.25, 0.3) is 6.08 Å². The molecule has 0 bridgehead atoms. The summed E-state index contributed by atoms with van der Waals surface area (Å²) in [6, 6.07) is 12.6. The number of thiophene rings is 1. The number of benzene rings is 1. The van der Waals surface area contributed by atoms with Gasteiger partial charge < -0.3 is 15.1 Å². The fourth-order valence-electron chi connectivity index (χ4n) is 4.00. The molecule has 4 rings (SSSR count). The topological polar surface area (TPSA) is 47.9 Å². The van der Waals surface area contributed by atoms with Gasteiger partial charge in [0.15, 0.2) is 5.96 Å². The number of nitrogens with one attached hydrogen (secondary N) is 1. The van der Waals surface area contributed by atoms with Gasteiger partial charge in [0.1, 0.15) is 0 Å². The predicted octanol–water partition coefficient (Wildman–Crippen LogP) is 4.01.